The Morgan fingerprint density at radius 1 is 1.28 bits per heavy atom. The minimum Gasteiger partial charge on any atom is -0.340 e. The zero-order chi connectivity index (χ0) is 17.4. The van der Waals surface area contributed by atoms with Gasteiger partial charge in [-0.25, -0.2) is 9.50 Å². The monoisotopic (exact) mass is 353 g/mol. The average molecular weight is 354 g/mol. The molecule has 1 aliphatic heterocycles. The van der Waals surface area contributed by atoms with Gasteiger partial charge in [-0.15, -0.1) is 0 Å². The van der Waals surface area contributed by atoms with Crippen LogP contribution in [0.15, 0.2) is 48.4 Å². The highest BCUT2D eigenvalue weighted by molar-refractivity contribution is 6.30. The normalized spacial score (nSPS) is 15.8. The molecule has 2 aromatic heterocycles. The predicted octanol–water partition coefficient (Wildman–Crippen LogP) is 2.56. The Balaban J connectivity index is 1.69. The molecule has 3 heterocycles. The van der Waals surface area contributed by atoms with Crippen molar-refractivity contribution < 1.29 is 9.59 Å². The van der Waals surface area contributed by atoms with Crippen molar-refractivity contribution in [3.63, 3.8) is 0 Å². The van der Waals surface area contributed by atoms with Crippen molar-refractivity contribution in [1.82, 2.24) is 19.9 Å². The maximum Gasteiger partial charge on any atom is 0.232 e. The molecular formula is C17H12ClN5O2. The Kier molecular flexibility index (Phi) is 3.70. The lowest BCUT2D eigenvalue weighted by Gasteiger charge is -2.06. The minimum absolute atomic E-state index is 0.125. The molecule has 1 aromatic carbocycles. The molecule has 7 nitrogen and oxygen atoms in total. The number of halogens is 1. The molecule has 0 bridgehead atoms. The van der Waals surface area contributed by atoms with Crippen molar-refractivity contribution in [2.45, 2.75) is 6.42 Å². The number of carbonyl (C=O) groups is 2. The van der Waals surface area contributed by atoms with Gasteiger partial charge in [0, 0.05) is 22.5 Å². The third kappa shape index (κ3) is 3.09. The number of Topliss-reactive ketones (excluding diaryl/α,β-unsaturated/α-hetero) is 1. The summed E-state index contributed by atoms with van der Waals surface area (Å²) >= 11 is 5.99. The van der Waals surface area contributed by atoms with E-state index in [-0.39, 0.29) is 23.8 Å². The first kappa shape index (κ1) is 15.3. The van der Waals surface area contributed by atoms with E-state index in [0.717, 1.165) is 5.69 Å². The zero-order valence-corrected chi connectivity index (χ0v) is 13.6. The Bertz CT molecular complexity index is 1040. The number of rotatable bonds is 3. The van der Waals surface area contributed by atoms with Crippen LogP contribution in [0.3, 0.4) is 0 Å². The first-order chi connectivity index (χ1) is 12.1. The van der Waals surface area contributed by atoms with E-state index in [2.05, 4.69) is 20.7 Å². The summed E-state index contributed by atoms with van der Waals surface area (Å²) in [6.45, 7) is 0. The van der Waals surface area contributed by atoms with Gasteiger partial charge in [-0.05, 0) is 30.3 Å². The number of nitrogens with one attached hydrogen (secondary N) is 2. The SMILES string of the molecule is O=C1CC(=O)/C(=C\c2cnn3ccc(Nc4cccc(Cl)c4)nc23)N1. The fraction of sp³-hybridized carbons (Fsp3) is 0.0588. The molecule has 0 saturated carbocycles. The molecule has 0 radical (unpaired) electrons. The molecule has 0 unspecified atom stereocenters. The number of carbonyl (C=O) groups excluding carboxylic acids is 2. The molecule has 8 heteroatoms. The molecule has 1 aliphatic rings. The van der Waals surface area contributed by atoms with E-state index in [0.29, 0.717) is 22.1 Å². The van der Waals surface area contributed by atoms with Crippen molar-refractivity contribution >= 4 is 46.5 Å². The molecule has 3 aromatic rings. The lowest BCUT2D eigenvalue weighted by molar-refractivity contribution is -0.121. The van der Waals surface area contributed by atoms with E-state index in [9.17, 15) is 9.59 Å². The highest BCUT2D eigenvalue weighted by Gasteiger charge is 2.24. The van der Waals surface area contributed by atoms with Crippen LogP contribution >= 0.6 is 11.6 Å². The molecule has 2 N–H and O–H groups in total. The van der Waals surface area contributed by atoms with E-state index >= 15 is 0 Å². The van der Waals surface area contributed by atoms with Crippen LogP contribution in [-0.2, 0) is 9.59 Å². The zero-order valence-electron chi connectivity index (χ0n) is 12.9. The molecule has 25 heavy (non-hydrogen) atoms. The summed E-state index contributed by atoms with van der Waals surface area (Å²) in [5, 5.41) is 10.5. The highest BCUT2D eigenvalue weighted by Crippen LogP contribution is 2.21. The van der Waals surface area contributed by atoms with Gasteiger partial charge in [0.05, 0.1) is 18.3 Å². The standard InChI is InChI=1S/C17H12ClN5O2/c18-11-2-1-3-12(7-11)20-15-4-5-23-17(22-15)10(9-19-23)6-13-14(24)8-16(25)21-13/h1-7,9H,8H2,(H,20,22)(H,21,25)/b13-6+. The van der Waals surface area contributed by atoms with E-state index < -0.39 is 0 Å². The molecule has 1 amide bonds. The number of nitrogens with zero attached hydrogens (tertiary/aromatic N) is 3. The van der Waals surface area contributed by atoms with E-state index in [1.54, 1.807) is 41.2 Å². The topological polar surface area (TPSA) is 88.4 Å². The number of fused-ring (bicyclic) bond motifs is 1. The van der Waals surface area contributed by atoms with Gasteiger partial charge in [-0.3, -0.25) is 9.59 Å². The summed E-state index contributed by atoms with van der Waals surface area (Å²) in [5.74, 6) is 0.0678. The molecule has 0 spiro atoms. The molecule has 124 valence electrons. The van der Waals surface area contributed by atoms with Gasteiger partial charge in [0.2, 0.25) is 5.91 Å². The van der Waals surface area contributed by atoms with Gasteiger partial charge in [0.25, 0.3) is 0 Å². The van der Waals surface area contributed by atoms with Crippen molar-refractivity contribution in [3.8, 4) is 0 Å². The van der Waals surface area contributed by atoms with Gasteiger partial charge in [-0.2, -0.15) is 5.10 Å². The Morgan fingerprint density at radius 3 is 2.92 bits per heavy atom. The van der Waals surface area contributed by atoms with Crippen LogP contribution in [0.25, 0.3) is 11.7 Å². The molecule has 1 saturated heterocycles. The second-order valence-electron chi connectivity index (χ2n) is 5.52. The van der Waals surface area contributed by atoms with Crippen molar-refractivity contribution in [1.29, 1.82) is 0 Å². The van der Waals surface area contributed by atoms with Crippen LogP contribution in [0.4, 0.5) is 11.5 Å². The Hall–Kier alpha value is -3.19. The summed E-state index contributed by atoms with van der Waals surface area (Å²) in [6, 6.07) is 9.08. The van der Waals surface area contributed by atoms with E-state index in [1.165, 1.54) is 0 Å². The second-order valence-corrected chi connectivity index (χ2v) is 5.96. The van der Waals surface area contributed by atoms with Crippen molar-refractivity contribution in [2.75, 3.05) is 5.32 Å². The summed E-state index contributed by atoms with van der Waals surface area (Å²) in [4.78, 5) is 27.6. The number of hydrogen-bond donors (Lipinski definition) is 2. The fourth-order valence-corrected chi connectivity index (χ4v) is 2.74. The minimum atomic E-state index is -0.302. The number of benzene rings is 1. The summed E-state index contributed by atoms with van der Waals surface area (Å²) in [7, 11) is 0. The average Bonchev–Trinajstić information content (AvgIpc) is 3.11. The van der Waals surface area contributed by atoms with E-state index in [1.807, 2.05) is 12.1 Å². The van der Waals surface area contributed by atoms with Crippen LogP contribution in [0.2, 0.25) is 5.02 Å². The van der Waals surface area contributed by atoms with Gasteiger partial charge in [-0.1, -0.05) is 17.7 Å². The van der Waals surface area contributed by atoms with Crippen LogP contribution in [0, 0.1) is 0 Å². The van der Waals surface area contributed by atoms with Gasteiger partial charge < -0.3 is 10.6 Å². The first-order valence-electron chi connectivity index (χ1n) is 7.50. The number of allylic oxidation sites excluding steroid dienone is 1. The Morgan fingerprint density at radius 2 is 2.16 bits per heavy atom. The quantitative estimate of drug-likeness (QED) is 0.558. The summed E-state index contributed by atoms with van der Waals surface area (Å²) in [5.41, 5.74) is 2.27. The Labute approximate surface area is 147 Å². The van der Waals surface area contributed by atoms with Crippen molar-refractivity contribution in [3.05, 3.63) is 59.0 Å². The lowest BCUT2D eigenvalue weighted by atomic mass is 10.2. The van der Waals surface area contributed by atoms with Gasteiger partial charge in [0.15, 0.2) is 11.4 Å². The number of ketones is 1. The third-order valence-electron chi connectivity index (χ3n) is 3.69. The lowest BCUT2D eigenvalue weighted by Crippen LogP contribution is -2.12. The first-order valence-corrected chi connectivity index (χ1v) is 7.88. The van der Waals surface area contributed by atoms with Gasteiger partial charge >= 0.3 is 0 Å². The molecule has 1 fully saturated rings. The number of hydrogen-bond acceptors (Lipinski definition) is 5. The van der Waals surface area contributed by atoms with Crippen molar-refractivity contribution in [2.24, 2.45) is 0 Å². The molecular weight excluding hydrogens is 342 g/mol. The molecule has 4 rings (SSSR count). The number of anilines is 2. The predicted molar refractivity (Wildman–Crippen MR) is 93.5 cm³/mol. The maximum atomic E-state index is 11.8. The fourth-order valence-electron chi connectivity index (χ4n) is 2.55. The maximum absolute atomic E-state index is 11.8. The molecule has 0 atom stereocenters. The highest BCUT2D eigenvalue weighted by atomic mass is 35.5. The third-order valence-corrected chi connectivity index (χ3v) is 3.92. The van der Waals surface area contributed by atoms with Gasteiger partial charge in [0.1, 0.15) is 5.82 Å². The van der Waals surface area contributed by atoms with Crippen LogP contribution in [-0.4, -0.2) is 26.3 Å². The van der Waals surface area contributed by atoms with E-state index in [4.69, 9.17) is 11.6 Å². The van der Waals surface area contributed by atoms with Crippen LogP contribution < -0.4 is 10.6 Å². The number of aromatic nitrogens is 3. The number of amides is 1. The van der Waals surface area contributed by atoms with Crippen LogP contribution in [0.1, 0.15) is 12.0 Å². The molecule has 0 aliphatic carbocycles. The summed E-state index contributed by atoms with van der Waals surface area (Å²) in [6.07, 6.45) is 4.81. The smallest absolute Gasteiger partial charge is 0.232 e. The largest absolute Gasteiger partial charge is 0.340 e. The summed E-state index contributed by atoms with van der Waals surface area (Å²) < 4.78 is 1.59. The van der Waals surface area contributed by atoms with Crippen LogP contribution in [0.5, 0.6) is 0 Å². The second kappa shape index (κ2) is 6.03.